The summed E-state index contributed by atoms with van der Waals surface area (Å²) in [5.74, 6) is 0.298. The SMILES string of the molecule is O=C(CN1CCc2cc(-c3cccc(Cl)c3)ccc2C1)N1CCN(C2CCCCC2)CC1. The van der Waals surface area contributed by atoms with Crippen LogP contribution in [0.3, 0.4) is 0 Å². The molecule has 4 nitrogen and oxygen atoms in total. The van der Waals surface area contributed by atoms with Crippen LogP contribution in [-0.2, 0) is 17.8 Å². The molecule has 0 aromatic heterocycles. The van der Waals surface area contributed by atoms with E-state index in [1.165, 1.54) is 48.8 Å². The van der Waals surface area contributed by atoms with Gasteiger partial charge in [-0.2, -0.15) is 0 Å². The Morgan fingerprint density at radius 3 is 2.44 bits per heavy atom. The lowest BCUT2D eigenvalue weighted by molar-refractivity contribution is -0.134. The molecule has 32 heavy (non-hydrogen) atoms. The largest absolute Gasteiger partial charge is 0.339 e. The fourth-order valence-electron chi connectivity index (χ4n) is 5.67. The van der Waals surface area contributed by atoms with Crippen LogP contribution in [0.25, 0.3) is 11.1 Å². The second kappa shape index (κ2) is 9.94. The molecule has 2 fully saturated rings. The number of fused-ring (bicyclic) bond motifs is 1. The van der Waals surface area contributed by atoms with Crippen molar-refractivity contribution < 1.29 is 4.79 Å². The Morgan fingerprint density at radius 2 is 1.66 bits per heavy atom. The number of carbonyl (C=O) groups is 1. The molecule has 0 spiro atoms. The average Bonchev–Trinajstić information content (AvgIpc) is 2.84. The highest BCUT2D eigenvalue weighted by Crippen LogP contribution is 2.28. The molecule has 1 saturated carbocycles. The lowest BCUT2D eigenvalue weighted by atomic mass is 9.94. The van der Waals surface area contributed by atoms with Crippen molar-refractivity contribution in [2.45, 2.75) is 51.1 Å². The van der Waals surface area contributed by atoms with Gasteiger partial charge in [-0.3, -0.25) is 14.6 Å². The first kappa shape index (κ1) is 21.9. The molecule has 1 amide bonds. The molecule has 0 bridgehead atoms. The van der Waals surface area contributed by atoms with Crippen molar-refractivity contribution in [3.8, 4) is 11.1 Å². The summed E-state index contributed by atoms with van der Waals surface area (Å²) in [7, 11) is 0. The maximum absolute atomic E-state index is 13.0. The summed E-state index contributed by atoms with van der Waals surface area (Å²) >= 11 is 6.17. The lowest BCUT2D eigenvalue weighted by Gasteiger charge is -2.41. The van der Waals surface area contributed by atoms with Crippen molar-refractivity contribution in [3.05, 3.63) is 58.6 Å². The molecule has 5 heteroatoms. The first-order valence-corrected chi connectivity index (χ1v) is 12.7. The fraction of sp³-hybridized carbons (Fsp3) is 0.519. The van der Waals surface area contributed by atoms with Crippen molar-refractivity contribution in [2.24, 2.45) is 0 Å². The van der Waals surface area contributed by atoms with E-state index in [1.54, 1.807) is 0 Å². The topological polar surface area (TPSA) is 26.8 Å². The van der Waals surface area contributed by atoms with Crippen LogP contribution in [0.1, 0.15) is 43.2 Å². The van der Waals surface area contributed by atoms with E-state index in [4.69, 9.17) is 11.6 Å². The van der Waals surface area contributed by atoms with Crippen molar-refractivity contribution in [2.75, 3.05) is 39.3 Å². The molecular weight excluding hydrogens is 418 g/mol. The zero-order chi connectivity index (χ0) is 21.9. The number of piperazine rings is 1. The van der Waals surface area contributed by atoms with Crippen LogP contribution in [0.5, 0.6) is 0 Å². The Balaban J connectivity index is 1.15. The third kappa shape index (κ3) is 5.03. The minimum Gasteiger partial charge on any atom is -0.339 e. The summed E-state index contributed by atoms with van der Waals surface area (Å²) in [4.78, 5) is 20.0. The number of carbonyl (C=O) groups excluding carboxylic acids is 1. The third-order valence-electron chi connectivity index (χ3n) is 7.57. The standard InChI is InChI=1S/C27H34ClN3O/c28-25-6-4-5-21(18-25)22-9-10-24-19-29(12-11-23(24)17-22)20-27(32)31-15-13-30(14-16-31)26-7-2-1-3-8-26/h4-6,9-10,17-18,26H,1-3,7-8,11-16,19-20H2. The maximum Gasteiger partial charge on any atom is 0.236 e. The van der Waals surface area contributed by atoms with Crippen LogP contribution < -0.4 is 0 Å². The van der Waals surface area contributed by atoms with Gasteiger partial charge in [-0.1, -0.05) is 61.2 Å². The minimum atomic E-state index is 0.298. The number of hydrogen-bond acceptors (Lipinski definition) is 3. The van der Waals surface area contributed by atoms with Crippen molar-refractivity contribution in [1.29, 1.82) is 0 Å². The van der Waals surface area contributed by atoms with Crippen LogP contribution in [-0.4, -0.2) is 65.9 Å². The number of halogens is 1. The van der Waals surface area contributed by atoms with Crippen molar-refractivity contribution >= 4 is 17.5 Å². The van der Waals surface area contributed by atoms with E-state index in [-0.39, 0.29) is 0 Å². The molecule has 2 aliphatic heterocycles. The molecule has 2 aromatic rings. The molecule has 0 radical (unpaired) electrons. The zero-order valence-electron chi connectivity index (χ0n) is 18.9. The Bertz CT molecular complexity index is 948. The highest BCUT2D eigenvalue weighted by molar-refractivity contribution is 6.30. The van der Waals surface area contributed by atoms with E-state index >= 15 is 0 Å². The third-order valence-corrected chi connectivity index (χ3v) is 7.81. The molecule has 0 atom stereocenters. The van der Waals surface area contributed by atoms with Crippen molar-refractivity contribution in [3.63, 3.8) is 0 Å². The number of amides is 1. The average molecular weight is 452 g/mol. The van der Waals surface area contributed by atoms with E-state index in [9.17, 15) is 4.79 Å². The fourth-order valence-corrected chi connectivity index (χ4v) is 5.86. The van der Waals surface area contributed by atoms with Gasteiger partial charge in [0.1, 0.15) is 0 Å². The molecule has 3 aliphatic rings. The number of nitrogens with zero attached hydrogens (tertiary/aromatic N) is 3. The minimum absolute atomic E-state index is 0.298. The summed E-state index contributed by atoms with van der Waals surface area (Å²) < 4.78 is 0. The Hall–Kier alpha value is -1.88. The second-order valence-electron chi connectivity index (χ2n) is 9.66. The Labute approximate surface area is 197 Å². The summed E-state index contributed by atoms with van der Waals surface area (Å²) in [6.45, 7) is 6.22. The zero-order valence-corrected chi connectivity index (χ0v) is 19.7. The molecule has 1 aliphatic carbocycles. The number of rotatable bonds is 4. The van der Waals surface area contributed by atoms with E-state index in [0.717, 1.165) is 62.3 Å². The maximum atomic E-state index is 13.0. The Kier molecular flexibility index (Phi) is 6.82. The number of benzene rings is 2. The van der Waals surface area contributed by atoms with Crippen LogP contribution in [0.15, 0.2) is 42.5 Å². The van der Waals surface area contributed by atoms with E-state index in [1.807, 2.05) is 18.2 Å². The molecular formula is C27H34ClN3O. The van der Waals surface area contributed by atoms with Crippen molar-refractivity contribution in [1.82, 2.24) is 14.7 Å². The number of hydrogen-bond donors (Lipinski definition) is 0. The highest BCUT2D eigenvalue weighted by atomic mass is 35.5. The van der Waals surface area contributed by atoms with Gasteiger partial charge in [0.25, 0.3) is 0 Å². The second-order valence-corrected chi connectivity index (χ2v) is 10.1. The predicted octanol–water partition coefficient (Wildman–Crippen LogP) is 4.84. The van der Waals surface area contributed by atoms with Crippen LogP contribution in [0, 0.1) is 0 Å². The van der Waals surface area contributed by atoms with E-state index in [0.29, 0.717) is 12.5 Å². The van der Waals surface area contributed by atoms with Crippen LogP contribution >= 0.6 is 11.6 Å². The van der Waals surface area contributed by atoms with Crippen LogP contribution in [0.2, 0.25) is 5.02 Å². The smallest absolute Gasteiger partial charge is 0.236 e. The molecule has 2 aromatic carbocycles. The van der Waals surface area contributed by atoms with Gasteiger partial charge in [0, 0.05) is 50.3 Å². The first-order valence-electron chi connectivity index (χ1n) is 12.3. The molecule has 2 heterocycles. The molecule has 0 N–H and O–H groups in total. The molecule has 5 rings (SSSR count). The van der Waals surface area contributed by atoms with Gasteiger partial charge in [0.15, 0.2) is 0 Å². The summed E-state index contributed by atoms with van der Waals surface area (Å²) in [5.41, 5.74) is 5.11. The first-order chi connectivity index (χ1) is 15.7. The molecule has 1 saturated heterocycles. The van der Waals surface area contributed by atoms with Gasteiger partial charge in [0.2, 0.25) is 5.91 Å². The van der Waals surface area contributed by atoms with Gasteiger partial charge in [-0.15, -0.1) is 0 Å². The van der Waals surface area contributed by atoms with Gasteiger partial charge in [-0.25, -0.2) is 0 Å². The van der Waals surface area contributed by atoms with Gasteiger partial charge >= 0.3 is 0 Å². The molecule has 0 unspecified atom stereocenters. The lowest BCUT2D eigenvalue weighted by Crippen LogP contribution is -2.54. The predicted molar refractivity (Wildman–Crippen MR) is 131 cm³/mol. The quantitative estimate of drug-likeness (QED) is 0.665. The van der Waals surface area contributed by atoms with Gasteiger partial charge in [0.05, 0.1) is 6.54 Å². The molecule has 170 valence electrons. The van der Waals surface area contributed by atoms with E-state index < -0.39 is 0 Å². The Morgan fingerprint density at radius 1 is 0.875 bits per heavy atom. The normalized spacial score (nSPS) is 20.8. The summed E-state index contributed by atoms with van der Waals surface area (Å²) in [6.07, 6.45) is 7.84. The van der Waals surface area contributed by atoms with E-state index in [2.05, 4.69) is 39.0 Å². The van der Waals surface area contributed by atoms with Crippen LogP contribution in [0.4, 0.5) is 0 Å². The summed E-state index contributed by atoms with van der Waals surface area (Å²) in [6, 6.07) is 15.5. The highest BCUT2D eigenvalue weighted by Gasteiger charge is 2.28. The van der Waals surface area contributed by atoms with Gasteiger partial charge in [-0.05, 0) is 53.6 Å². The van der Waals surface area contributed by atoms with Gasteiger partial charge < -0.3 is 4.90 Å². The monoisotopic (exact) mass is 451 g/mol. The summed E-state index contributed by atoms with van der Waals surface area (Å²) in [5, 5.41) is 0.768.